The van der Waals surface area contributed by atoms with Gasteiger partial charge >= 0.3 is 0 Å². The lowest BCUT2D eigenvalue weighted by molar-refractivity contribution is 0.0774. The van der Waals surface area contributed by atoms with Crippen molar-refractivity contribution < 1.29 is 4.79 Å². The third kappa shape index (κ3) is 3.08. The molecule has 0 heterocycles. The summed E-state index contributed by atoms with van der Waals surface area (Å²) in [5.41, 5.74) is 1.82. The minimum absolute atomic E-state index is 0.0810. The molecule has 2 nitrogen and oxygen atoms in total. The van der Waals surface area contributed by atoms with Crippen molar-refractivity contribution in [2.24, 2.45) is 0 Å². The average Bonchev–Trinajstić information content (AvgIpc) is 2.29. The molecule has 0 atom stereocenters. The SMILES string of the molecule is CCN(CCBr)C(=O)c1cccc(C)c1Br. The smallest absolute Gasteiger partial charge is 0.255 e. The lowest BCUT2D eigenvalue weighted by atomic mass is 10.1. The van der Waals surface area contributed by atoms with Crippen LogP contribution in [0.25, 0.3) is 0 Å². The van der Waals surface area contributed by atoms with Crippen LogP contribution in [0.1, 0.15) is 22.8 Å². The number of rotatable bonds is 4. The highest BCUT2D eigenvalue weighted by Crippen LogP contribution is 2.22. The molecule has 0 fully saturated rings. The fraction of sp³-hybridized carbons (Fsp3) is 0.417. The fourth-order valence-electron chi connectivity index (χ4n) is 1.49. The maximum atomic E-state index is 12.2. The summed E-state index contributed by atoms with van der Waals surface area (Å²) in [5.74, 6) is 0.0810. The van der Waals surface area contributed by atoms with Crippen molar-refractivity contribution >= 4 is 37.8 Å². The zero-order chi connectivity index (χ0) is 12.1. The first-order valence-electron chi connectivity index (χ1n) is 5.22. The topological polar surface area (TPSA) is 20.3 Å². The molecule has 0 aliphatic rings. The van der Waals surface area contributed by atoms with E-state index >= 15 is 0 Å². The van der Waals surface area contributed by atoms with Gasteiger partial charge in [0.05, 0.1) is 5.56 Å². The molecule has 1 amide bonds. The molecule has 0 saturated heterocycles. The Bertz CT molecular complexity index is 379. The van der Waals surface area contributed by atoms with E-state index in [1.165, 1.54) is 0 Å². The number of amides is 1. The molecule has 16 heavy (non-hydrogen) atoms. The number of hydrogen-bond acceptors (Lipinski definition) is 1. The number of nitrogens with zero attached hydrogens (tertiary/aromatic N) is 1. The van der Waals surface area contributed by atoms with Gasteiger partial charge in [-0.1, -0.05) is 28.1 Å². The molecular formula is C12H15Br2NO. The molecule has 0 radical (unpaired) electrons. The average molecular weight is 349 g/mol. The summed E-state index contributed by atoms with van der Waals surface area (Å²) in [7, 11) is 0. The van der Waals surface area contributed by atoms with E-state index in [0.29, 0.717) is 0 Å². The first-order chi connectivity index (χ1) is 7.61. The van der Waals surface area contributed by atoms with Crippen molar-refractivity contribution in [3.8, 4) is 0 Å². The molecule has 0 aliphatic carbocycles. The van der Waals surface area contributed by atoms with Gasteiger partial charge in [-0.25, -0.2) is 0 Å². The van der Waals surface area contributed by atoms with Crippen molar-refractivity contribution in [3.05, 3.63) is 33.8 Å². The highest BCUT2D eigenvalue weighted by atomic mass is 79.9. The summed E-state index contributed by atoms with van der Waals surface area (Å²) in [4.78, 5) is 14.0. The largest absolute Gasteiger partial charge is 0.338 e. The maximum absolute atomic E-state index is 12.2. The van der Waals surface area contributed by atoms with Crippen LogP contribution in [0, 0.1) is 6.92 Å². The summed E-state index contributed by atoms with van der Waals surface area (Å²) in [6.45, 7) is 5.44. The van der Waals surface area contributed by atoms with Gasteiger partial charge in [0.2, 0.25) is 0 Å². The lowest BCUT2D eigenvalue weighted by Gasteiger charge is -2.20. The number of carbonyl (C=O) groups is 1. The van der Waals surface area contributed by atoms with E-state index in [1.807, 2.05) is 36.9 Å². The molecule has 0 spiro atoms. The molecule has 4 heteroatoms. The molecule has 1 rings (SSSR count). The Morgan fingerprint density at radius 2 is 2.12 bits per heavy atom. The van der Waals surface area contributed by atoms with E-state index in [0.717, 1.165) is 34.0 Å². The van der Waals surface area contributed by atoms with Gasteiger partial charge in [-0.15, -0.1) is 0 Å². The van der Waals surface area contributed by atoms with Gasteiger partial charge in [-0.2, -0.15) is 0 Å². The van der Waals surface area contributed by atoms with Crippen molar-refractivity contribution in [3.63, 3.8) is 0 Å². The number of aryl methyl sites for hydroxylation is 1. The van der Waals surface area contributed by atoms with E-state index in [9.17, 15) is 4.79 Å². The van der Waals surface area contributed by atoms with Crippen LogP contribution in [-0.4, -0.2) is 29.2 Å². The van der Waals surface area contributed by atoms with Gasteiger partial charge in [-0.05, 0) is 41.4 Å². The minimum atomic E-state index is 0.0810. The second-order valence-electron chi connectivity index (χ2n) is 3.51. The summed E-state index contributed by atoms with van der Waals surface area (Å²) >= 11 is 6.83. The first kappa shape index (κ1) is 13.7. The van der Waals surface area contributed by atoms with E-state index in [1.54, 1.807) is 0 Å². The summed E-state index contributed by atoms with van der Waals surface area (Å²) in [6, 6.07) is 5.76. The molecule has 0 aromatic heterocycles. The number of hydrogen-bond donors (Lipinski definition) is 0. The first-order valence-corrected chi connectivity index (χ1v) is 7.13. The van der Waals surface area contributed by atoms with Crippen LogP contribution in [0.3, 0.4) is 0 Å². The molecule has 0 unspecified atom stereocenters. The molecule has 0 N–H and O–H groups in total. The second-order valence-corrected chi connectivity index (χ2v) is 5.10. The molecule has 0 aliphatic heterocycles. The monoisotopic (exact) mass is 347 g/mol. The zero-order valence-electron chi connectivity index (χ0n) is 9.46. The molecule has 88 valence electrons. The minimum Gasteiger partial charge on any atom is -0.338 e. The number of alkyl halides is 1. The molecule has 1 aromatic rings. The molecular weight excluding hydrogens is 334 g/mol. The third-order valence-corrected chi connectivity index (χ3v) is 3.85. The Morgan fingerprint density at radius 3 is 2.69 bits per heavy atom. The van der Waals surface area contributed by atoms with Crippen LogP contribution < -0.4 is 0 Å². The van der Waals surface area contributed by atoms with Gasteiger partial charge < -0.3 is 4.90 Å². The standard InChI is InChI=1S/C12H15Br2NO/c1-3-15(8-7-13)12(16)10-6-4-5-9(2)11(10)14/h4-6H,3,7-8H2,1-2H3. The highest BCUT2D eigenvalue weighted by molar-refractivity contribution is 9.10. The van der Waals surface area contributed by atoms with E-state index in [-0.39, 0.29) is 5.91 Å². The van der Waals surface area contributed by atoms with Crippen molar-refractivity contribution in [2.75, 3.05) is 18.4 Å². The van der Waals surface area contributed by atoms with E-state index < -0.39 is 0 Å². The summed E-state index contributed by atoms with van der Waals surface area (Å²) < 4.78 is 0.896. The normalized spacial score (nSPS) is 10.2. The van der Waals surface area contributed by atoms with E-state index in [4.69, 9.17) is 0 Å². The molecule has 0 saturated carbocycles. The maximum Gasteiger partial charge on any atom is 0.255 e. The van der Waals surface area contributed by atoms with Crippen LogP contribution in [0.2, 0.25) is 0 Å². The summed E-state index contributed by atoms with van der Waals surface area (Å²) in [6.07, 6.45) is 0. The van der Waals surface area contributed by atoms with Gasteiger partial charge in [0.25, 0.3) is 5.91 Å². The van der Waals surface area contributed by atoms with Crippen LogP contribution in [0.15, 0.2) is 22.7 Å². The van der Waals surface area contributed by atoms with Gasteiger partial charge in [0.15, 0.2) is 0 Å². The van der Waals surface area contributed by atoms with Gasteiger partial charge in [0, 0.05) is 22.9 Å². The van der Waals surface area contributed by atoms with Crippen LogP contribution >= 0.6 is 31.9 Å². The van der Waals surface area contributed by atoms with Gasteiger partial charge in [0.1, 0.15) is 0 Å². The quantitative estimate of drug-likeness (QED) is 0.761. The van der Waals surface area contributed by atoms with Crippen molar-refractivity contribution in [2.45, 2.75) is 13.8 Å². The Hall–Kier alpha value is -0.350. The third-order valence-electron chi connectivity index (χ3n) is 2.45. The summed E-state index contributed by atoms with van der Waals surface area (Å²) in [5, 5.41) is 0.802. The van der Waals surface area contributed by atoms with Crippen LogP contribution in [-0.2, 0) is 0 Å². The molecule has 0 bridgehead atoms. The number of carbonyl (C=O) groups excluding carboxylic acids is 1. The van der Waals surface area contributed by atoms with Crippen molar-refractivity contribution in [1.29, 1.82) is 0 Å². The predicted molar refractivity (Wildman–Crippen MR) is 74.3 cm³/mol. The fourth-order valence-corrected chi connectivity index (χ4v) is 2.35. The van der Waals surface area contributed by atoms with Crippen LogP contribution in [0.5, 0.6) is 0 Å². The van der Waals surface area contributed by atoms with Crippen LogP contribution in [0.4, 0.5) is 0 Å². The zero-order valence-corrected chi connectivity index (χ0v) is 12.6. The Morgan fingerprint density at radius 1 is 1.44 bits per heavy atom. The lowest BCUT2D eigenvalue weighted by Crippen LogP contribution is -2.32. The Labute approximate surface area is 113 Å². The number of benzene rings is 1. The van der Waals surface area contributed by atoms with E-state index in [2.05, 4.69) is 31.9 Å². The number of halogens is 2. The van der Waals surface area contributed by atoms with Gasteiger partial charge in [-0.3, -0.25) is 4.79 Å². The molecule has 1 aromatic carbocycles. The Kier molecular flexibility index (Phi) is 5.49. The second kappa shape index (κ2) is 6.40. The predicted octanol–water partition coefficient (Wildman–Crippen LogP) is 3.61. The Balaban J connectivity index is 2.99. The highest BCUT2D eigenvalue weighted by Gasteiger charge is 2.16. The van der Waals surface area contributed by atoms with Crippen molar-refractivity contribution in [1.82, 2.24) is 4.90 Å².